The van der Waals surface area contributed by atoms with E-state index in [1.165, 1.54) is 25.6 Å². The van der Waals surface area contributed by atoms with E-state index in [0.717, 1.165) is 0 Å². The number of hydrogen-bond acceptors (Lipinski definition) is 7. The van der Waals surface area contributed by atoms with E-state index < -0.39 is 17.9 Å². The van der Waals surface area contributed by atoms with Gasteiger partial charge in [-0.1, -0.05) is 6.07 Å². The number of rotatable bonds is 9. The summed E-state index contributed by atoms with van der Waals surface area (Å²) >= 11 is 1.30. The molecule has 8 nitrogen and oxygen atoms in total. The van der Waals surface area contributed by atoms with Gasteiger partial charge in [-0.2, -0.15) is 0 Å². The molecule has 0 aliphatic carbocycles. The standard InChI is InChI=1S/C17H20N2O6S/c1-23-8-15-18-12(9-26-15)17(22)19-11(7-16(20)21)10-4-5-13(24-2)14(6-10)25-3/h4-6,9,11H,7-8H2,1-3H3,(H,19,22)(H,20,21). The molecule has 26 heavy (non-hydrogen) atoms. The Morgan fingerprint density at radius 3 is 2.58 bits per heavy atom. The third kappa shape index (κ3) is 4.93. The van der Waals surface area contributed by atoms with Crippen LogP contribution in [0.2, 0.25) is 0 Å². The molecule has 2 aromatic rings. The maximum absolute atomic E-state index is 12.4. The number of ether oxygens (including phenoxy) is 3. The largest absolute Gasteiger partial charge is 0.493 e. The first-order valence-corrected chi connectivity index (χ1v) is 8.54. The summed E-state index contributed by atoms with van der Waals surface area (Å²) in [6, 6.07) is 4.25. The van der Waals surface area contributed by atoms with Crippen LogP contribution in [0.1, 0.15) is 33.5 Å². The lowest BCUT2D eigenvalue weighted by molar-refractivity contribution is -0.137. The van der Waals surface area contributed by atoms with Gasteiger partial charge in [0.1, 0.15) is 10.7 Å². The van der Waals surface area contributed by atoms with Crippen LogP contribution in [0.15, 0.2) is 23.6 Å². The highest BCUT2D eigenvalue weighted by Gasteiger charge is 2.22. The Bertz CT molecular complexity index is 776. The van der Waals surface area contributed by atoms with Crippen molar-refractivity contribution in [1.82, 2.24) is 10.3 Å². The van der Waals surface area contributed by atoms with Gasteiger partial charge in [0.25, 0.3) is 5.91 Å². The molecule has 0 bridgehead atoms. The molecule has 0 spiro atoms. The predicted octanol–water partition coefficient (Wildman–Crippen LogP) is 2.25. The zero-order chi connectivity index (χ0) is 19.1. The zero-order valence-corrected chi connectivity index (χ0v) is 15.5. The molecule has 1 heterocycles. The molecular formula is C17H20N2O6S. The van der Waals surface area contributed by atoms with Gasteiger partial charge in [-0.3, -0.25) is 9.59 Å². The van der Waals surface area contributed by atoms with Crippen molar-refractivity contribution >= 4 is 23.2 Å². The average Bonchev–Trinajstić information content (AvgIpc) is 3.09. The Balaban J connectivity index is 2.23. The van der Waals surface area contributed by atoms with Crippen molar-refractivity contribution in [2.24, 2.45) is 0 Å². The van der Waals surface area contributed by atoms with Gasteiger partial charge in [0, 0.05) is 12.5 Å². The lowest BCUT2D eigenvalue weighted by Crippen LogP contribution is -2.30. The van der Waals surface area contributed by atoms with Crippen LogP contribution in [0, 0.1) is 0 Å². The van der Waals surface area contributed by atoms with E-state index in [-0.39, 0.29) is 12.1 Å². The molecule has 2 rings (SSSR count). The number of aromatic nitrogens is 1. The summed E-state index contributed by atoms with van der Waals surface area (Å²) in [4.78, 5) is 27.9. The van der Waals surface area contributed by atoms with Crippen LogP contribution in [0.3, 0.4) is 0 Å². The van der Waals surface area contributed by atoms with Gasteiger partial charge in [-0.05, 0) is 17.7 Å². The molecule has 140 valence electrons. The molecule has 0 saturated heterocycles. The molecule has 0 saturated carbocycles. The number of thiazole rings is 1. The Labute approximate surface area is 154 Å². The summed E-state index contributed by atoms with van der Waals surface area (Å²) in [5.41, 5.74) is 0.809. The van der Waals surface area contributed by atoms with E-state index in [1.54, 1.807) is 30.7 Å². The summed E-state index contributed by atoms with van der Waals surface area (Å²) in [7, 11) is 4.54. The SMILES string of the molecule is COCc1nc(C(=O)NC(CC(=O)O)c2ccc(OC)c(OC)c2)cs1. The maximum atomic E-state index is 12.4. The van der Waals surface area contributed by atoms with Crippen molar-refractivity contribution in [3.05, 3.63) is 39.8 Å². The fourth-order valence-corrected chi connectivity index (χ4v) is 3.08. The molecule has 0 fully saturated rings. The Kier molecular flexibility index (Phi) is 6.93. The number of carbonyl (C=O) groups excluding carboxylic acids is 1. The van der Waals surface area contributed by atoms with Crippen molar-refractivity contribution in [2.75, 3.05) is 21.3 Å². The minimum Gasteiger partial charge on any atom is -0.493 e. The zero-order valence-electron chi connectivity index (χ0n) is 14.6. The van der Waals surface area contributed by atoms with Crippen LogP contribution in [-0.4, -0.2) is 43.3 Å². The van der Waals surface area contributed by atoms with Gasteiger partial charge in [0.15, 0.2) is 11.5 Å². The monoisotopic (exact) mass is 380 g/mol. The molecule has 0 aliphatic heterocycles. The quantitative estimate of drug-likeness (QED) is 0.687. The van der Waals surface area contributed by atoms with Crippen LogP contribution in [-0.2, 0) is 16.1 Å². The van der Waals surface area contributed by atoms with Gasteiger partial charge < -0.3 is 24.6 Å². The molecule has 1 atom stereocenters. The van der Waals surface area contributed by atoms with Crippen molar-refractivity contribution in [1.29, 1.82) is 0 Å². The second kappa shape index (κ2) is 9.16. The third-order valence-corrected chi connectivity index (χ3v) is 4.37. The number of hydrogen-bond donors (Lipinski definition) is 2. The Morgan fingerprint density at radius 2 is 1.96 bits per heavy atom. The highest BCUT2D eigenvalue weighted by atomic mass is 32.1. The average molecular weight is 380 g/mol. The number of carboxylic acid groups (broad SMARTS) is 1. The third-order valence-electron chi connectivity index (χ3n) is 3.55. The van der Waals surface area contributed by atoms with E-state index in [0.29, 0.717) is 28.7 Å². The summed E-state index contributed by atoms with van der Waals surface area (Å²) in [5, 5.41) is 14.2. The first kappa shape index (κ1) is 19.7. The van der Waals surface area contributed by atoms with Crippen LogP contribution in [0.25, 0.3) is 0 Å². The lowest BCUT2D eigenvalue weighted by Gasteiger charge is -2.18. The number of carbonyl (C=O) groups is 2. The number of amides is 1. The number of methoxy groups -OCH3 is 3. The van der Waals surface area contributed by atoms with E-state index in [1.807, 2.05) is 0 Å². The van der Waals surface area contributed by atoms with Crippen LogP contribution >= 0.6 is 11.3 Å². The Hall–Kier alpha value is -2.65. The summed E-state index contributed by atoms with van der Waals surface area (Å²) in [5.74, 6) is -0.529. The van der Waals surface area contributed by atoms with Crippen LogP contribution in [0.5, 0.6) is 11.5 Å². The van der Waals surface area contributed by atoms with Gasteiger partial charge in [-0.25, -0.2) is 4.98 Å². The number of aliphatic carboxylic acids is 1. The summed E-state index contributed by atoms with van der Waals surface area (Å²) in [6.07, 6.45) is -0.281. The number of carboxylic acids is 1. The van der Waals surface area contributed by atoms with Crippen LogP contribution in [0.4, 0.5) is 0 Å². The first-order chi connectivity index (χ1) is 12.5. The fourth-order valence-electron chi connectivity index (χ4n) is 2.33. The fraction of sp³-hybridized carbons (Fsp3) is 0.353. The van der Waals surface area contributed by atoms with Crippen LogP contribution < -0.4 is 14.8 Å². The second-order valence-corrected chi connectivity index (χ2v) is 6.24. The van der Waals surface area contributed by atoms with Gasteiger partial charge in [-0.15, -0.1) is 11.3 Å². The maximum Gasteiger partial charge on any atom is 0.305 e. The number of nitrogens with zero attached hydrogens (tertiary/aromatic N) is 1. The molecule has 0 aliphatic rings. The topological polar surface area (TPSA) is 107 Å². The van der Waals surface area contributed by atoms with E-state index in [9.17, 15) is 14.7 Å². The number of benzene rings is 1. The molecule has 1 unspecified atom stereocenters. The van der Waals surface area contributed by atoms with Crippen molar-refractivity contribution < 1.29 is 28.9 Å². The number of nitrogens with one attached hydrogen (secondary N) is 1. The van der Waals surface area contributed by atoms with Crippen molar-refractivity contribution in [2.45, 2.75) is 19.1 Å². The molecule has 1 aromatic carbocycles. The van der Waals surface area contributed by atoms with Gasteiger partial charge in [0.05, 0.1) is 33.3 Å². The van der Waals surface area contributed by atoms with E-state index >= 15 is 0 Å². The molecular weight excluding hydrogens is 360 g/mol. The predicted molar refractivity (Wildman–Crippen MR) is 94.8 cm³/mol. The van der Waals surface area contributed by atoms with Gasteiger partial charge >= 0.3 is 5.97 Å². The Morgan fingerprint density at radius 1 is 1.23 bits per heavy atom. The highest BCUT2D eigenvalue weighted by Crippen LogP contribution is 2.31. The van der Waals surface area contributed by atoms with Crippen molar-refractivity contribution in [3.8, 4) is 11.5 Å². The first-order valence-electron chi connectivity index (χ1n) is 7.66. The normalized spacial score (nSPS) is 11.7. The smallest absolute Gasteiger partial charge is 0.305 e. The molecule has 2 N–H and O–H groups in total. The summed E-state index contributed by atoms with van der Waals surface area (Å²) < 4.78 is 15.4. The van der Waals surface area contributed by atoms with E-state index in [2.05, 4.69) is 10.3 Å². The minimum absolute atomic E-state index is 0.220. The summed E-state index contributed by atoms with van der Waals surface area (Å²) in [6.45, 7) is 0.312. The molecule has 9 heteroatoms. The van der Waals surface area contributed by atoms with E-state index in [4.69, 9.17) is 14.2 Å². The van der Waals surface area contributed by atoms with Gasteiger partial charge in [0.2, 0.25) is 0 Å². The second-order valence-electron chi connectivity index (χ2n) is 5.30. The lowest BCUT2D eigenvalue weighted by atomic mass is 10.0. The highest BCUT2D eigenvalue weighted by molar-refractivity contribution is 7.09. The van der Waals surface area contributed by atoms with Crippen molar-refractivity contribution in [3.63, 3.8) is 0 Å². The molecule has 1 amide bonds. The minimum atomic E-state index is -1.04. The molecule has 1 aromatic heterocycles. The molecule has 0 radical (unpaired) electrons.